The number of rotatable bonds is 4. The molecule has 1 saturated carbocycles. The summed E-state index contributed by atoms with van der Waals surface area (Å²) in [6, 6.07) is 0. The Morgan fingerprint density at radius 1 is 1.36 bits per heavy atom. The molecule has 0 amide bonds. The van der Waals surface area contributed by atoms with E-state index in [4.69, 9.17) is 0 Å². The van der Waals surface area contributed by atoms with Crippen LogP contribution in [0.25, 0.3) is 0 Å². The average Bonchev–Trinajstić information content (AvgIpc) is 2.12. The van der Waals surface area contributed by atoms with Crippen LogP contribution in [0.2, 0.25) is 0 Å². The van der Waals surface area contributed by atoms with Gasteiger partial charge in [0.2, 0.25) is 5.95 Å². The Kier molecular flexibility index (Phi) is 2.91. The fourth-order valence-electron chi connectivity index (χ4n) is 1.57. The summed E-state index contributed by atoms with van der Waals surface area (Å²) in [5.74, 6) is 1.00. The van der Waals surface area contributed by atoms with Crippen LogP contribution >= 0.6 is 0 Å². The number of hydrogen-bond donors (Lipinski definition) is 1. The lowest BCUT2D eigenvalue weighted by Gasteiger charge is -2.25. The van der Waals surface area contributed by atoms with Gasteiger partial charge in [-0.3, -0.25) is 0 Å². The number of anilines is 1. The maximum Gasteiger partial charge on any atom is 0.222 e. The highest BCUT2D eigenvalue weighted by Crippen LogP contribution is 2.28. The van der Waals surface area contributed by atoms with E-state index in [2.05, 4.69) is 15.3 Å². The molecule has 0 aliphatic heterocycles. The molecule has 14 heavy (non-hydrogen) atoms. The van der Waals surface area contributed by atoms with Gasteiger partial charge in [-0.25, -0.2) is 14.4 Å². The summed E-state index contributed by atoms with van der Waals surface area (Å²) < 4.78 is 12.4. The summed E-state index contributed by atoms with van der Waals surface area (Å²) in [5, 5.41) is 3.08. The zero-order valence-corrected chi connectivity index (χ0v) is 8.04. The second-order valence-corrected chi connectivity index (χ2v) is 3.74. The molecule has 0 atom stereocenters. The lowest BCUT2D eigenvalue weighted by Crippen LogP contribution is -2.16. The molecule has 76 valence electrons. The van der Waals surface area contributed by atoms with E-state index in [1.807, 2.05) is 0 Å². The monoisotopic (exact) mass is 195 g/mol. The van der Waals surface area contributed by atoms with Gasteiger partial charge in [-0.1, -0.05) is 19.3 Å². The highest BCUT2D eigenvalue weighted by Gasteiger charge is 2.16. The van der Waals surface area contributed by atoms with Crippen molar-refractivity contribution in [2.45, 2.75) is 25.7 Å². The zero-order chi connectivity index (χ0) is 9.80. The molecular weight excluding hydrogens is 181 g/mol. The number of hydrogen-bond acceptors (Lipinski definition) is 3. The highest BCUT2D eigenvalue weighted by atomic mass is 19.1. The first-order valence-electron chi connectivity index (χ1n) is 5.06. The minimum atomic E-state index is -0.394. The van der Waals surface area contributed by atoms with Crippen molar-refractivity contribution in [3.05, 3.63) is 18.2 Å². The van der Waals surface area contributed by atoms with Crippen molar-refractivity contribution in [2.75, 3.05) is 11.9 Å². The van der Waals surface area contributed by atoms with E-state index in [0.717, 1.165) is 12.5 Å². The molecule has 1 aliphatic rings. The van der Waals surface area contributed by atoms with Crippen molar-refractivity contribution in [1.29, 1.82) is 0 Å². The lowest BCUT2D eigenvalue weighted by atomic mass is 9.83. The average molecular weight is 195 g/mol. The standard InChI is InChI=1S/C10H14FN3/c11-9-6-13-10(14-7-9)12-5-4-8-2-1-3-8/h6-8H,1-5H2,(H,12,13,14). The topological polar surface area (TPSA) is 37.8 Å². The van der Waals surface area contributed by atoms with Gasteiger partial charge >= 0.3 is 0 Å². The third kappa shape index (κ3) is 2.40. The fourth-order valence-corrected chi connectivity index (χ4v) is 1.57. The van der Waals surface area contributed by atoms with Gasteiger partial charge in [-0.2, -0.15) is 0 Å². The van der Waals surface area contributed by atoms with Gasteiger partial charge in [-0.15, -0.1) is 0 Å². The highest BCUT2D eigenvalue weighted by molar-refractivity contribution is 5.21. The Balaban J connectivity index is 1.71. The SMILES string of the molecule is Fc1cnc(NCCC2CCC2)nc1. The Hall–Kier alpha value is -1.19. The maximum absolute atomic E-state index is 12.4. The molecule has 1 heterocycles. The van der Waals surface area contributed by atoms with Gasteiger partial charge in [0.25, 0.3) is 0 Å². The van der Waals surface area contributed by atoms with Crippen LogP contribution in [0.15, 0.2) is 12.4 Å². The van der Waals surface area contributed by atoms with Gasteiger partial charge in [0.15, 0.2) is 5.82 Å². The summed E-state index contributed by atoms with van der Waals surface area (Å²) in [7, 11) is 0. The van der Waals surface area contributed by atoms with E-state index in [-0.39, 0.29) is 0 Å². The molecule has 1 aromatic heterocycles. The van der Waals surface area contributed by atoms with E-state index in [9.17, 15) is 4.39 Å². The second kappa shape index (κ2) is 4.35. The van der Waals surface area contributed by atoms with Gasteiger partial charge in [-0.05, 0) is 12.3 Å². The van der Waals surface area contributed by atoms with Crippen LogP contribution in [0, 0.1) is 11.7 Å². The van der Waals surface area contributed by atoms with Crippen LogP contribution < -0.4 is 5.32 Å². The first-order valence-corrected chi connectivity index (χ1v) is 5.06. The summed E-state index contributed by atoms with van der Waals surface area (Å²) in [6.07, 6.45) is 7.60. The van der Waals surface area contributed by atoms with Crippen molar-refractivity contribution >= 4 is 5.95 Å². The summed E-state index contributed by atoms with van der Waals surface area (Å²) in [6.45, 7) is 0.885. The normalized spacial score (nSPS) is 16.4. The van der Waals surface area contributed by atoms with Gasteiger partial charge < -0.3 is 5.32 Å². The smallest absolute Gasteiger partial charge is 0.222 e. The predicted molar refractivity (Wildman–Crippen MR) is 52.4 cm³/mol. The van der Waals surface area contributed by atoms with Crippen LogP contribution in [0.4, 0.5) is 10.3 Å². The van der Waals surface area contributed by atoms with Crippen LogP contribution in [0.1, 0.15) is 25.7 Å². The molecular formula is C10H14FN3. The third-order valence-electron chi connectivity index (χ3n) is 2.68. The zero-order valence-electron chi connectivity index (χ0n) is 8.04. The number of nitrogens with zero attached hydrogens (tertiary/aromatic N) is 2. The third-order valence-corrected chi connectivity index (χ3v) is 2.68. The minimum Gasteiger partial charge on any atom is -0.354 e. The molecule has 1 N–H and O–H groups in total. The van der Waals surface area contributed by atoms with Crippen molar-refractivity contribution in [2.24, 2.45) is 5.92 Å². The van der Waals surface area contributed by atoms with Crippen molar-refractivity contribution in [1.82, 2.24) is 9.97 Å². The van der Waals surface area contributed by atoms with Crippen molar-refractivity contribution in [3.8, 4) is 0 Å². The molecule has 4 heteroatoms. The Bertz CT molecular complexity index is 282. The Labute approximate surface area is 82.8 Å². The van der Waals surface area contributed by atoms with Gasteiger partial charge in [0.1, 0.15) is 0 Å². The van der Waals surface area contributed by atoms with Gasteiger partial charge in [0.05, 0.1) is 12.4 Å². The molecule has 0 spiro atoms. The molecule has 0 unspecified atom stereocenters. The predicted octanol–water partition coefficient (Wildman–Crippen LogP) is 2.22. The Morgan fingerprint density at radius 3 is 2.64 bits per heavy atom. The van der Waals surface area contributed by atoms with Crippen molar-refractivity contribution in [3.63, 3.8) is 0 Å². The molecule has 1 aromatic rings. The Morgan fingerprint density at radius 2 is 2.07 bits per heavy atom. The second-order valence-electron chi connectivity index (χ2n) is 3.74. The number of halogens is 1. The molecule has 0 bridgehead atoms. The largest absolute Gasteiger partial charge is 0.354 e. The molecule has 3 nitrogen and oxygen atoms in total. The van der Waals surface area contributed by atoms with Crippen LogP contribution in [0.5, 0.6) is 0 Å². The van der Waals surface area contributed by atoms with E-state index >= 15 is 0 Å². The van der Waals surface area contributed by atoms with E-state index < -0.39 is 5.82 Å². The van der Waals surface area contributed by atoms with E-state index in [1.54, 1.807) is 0 Å². The first-order chi connectivity index (χ1) is 6.84. The van der Waals surface area contributed by atoms with E-state index in [1.165, 1.54) is 38.1 Å². The molecule has 1 aliphatic carbocycles. The molecule has 0 saturated heterocycles. The lowest BCUT2D eigenvalue weighted by molar-refractivity contribution is 0.303. The van der Waals surface area contributed by atoms with Gasteiger partial charge in [0, 0.05) is 6.54 Å². The van der Waals surface area contributed by atoms with Crippen molar-refractivity contribution < 1.29 is 4.39 Å². The first kappa shape index (κ1) is 9.37. The molecule has 0 aromatic carbocycles. The minimum absolute atomic E-state index is 0.394. The number of aromatic nitrogens is 2. The molecule has 1 fully saturated rings. The van der Waals surface area contributed by atoms with Crippen LogP contribution in [-0.4, -0.2) is 16.5 Å². The van der Waals surface area contributed by atoms with Crippen LogP contribution in [-0.2, 0) is 0 Å². The molecule has 0 radical (unpaired) electrons. The summed E-state index contributed by atoms with van der Waals surface area (Å²) in [5.41, 5.74) is 0. The summed E-state index contributed by atoms with van der Waals surface area (Å²) >= 11 is 0. The molecule has 2 rings (SSSR count). The van der Waals surface area contributed by atoms with Crippen LogP contribution in [0.3, 0.4) is 0 Å². The quantitative estimate of drug-likeness (QED) is 0.800. The van der Waals surface area contributed by atoms with E-state index in [0.29, 0.717) is 5.95 Å². The fraction of sp³-hybridized carbons (Fsp3) is 0.600. The number of nitrogens with one attached hydrogen (secondary N) is 1. The maximum atomic E-state index is 12.4. The summed E-state index contributed by atoms with van der Waals surface area (Å²) in [4.78, 5) is 7.64.